The average Bonchev–Trinajstić information content (AvgIpc) is 2.29. The predicted molar refractivity (Wildman–Crippen MR) is 75.6 cm³/mol. The molecule has 0 fully saturated rings. The fourth-order valence-electron chi connectivity index (χ4n) is 1.68. The Morgan fingerprint density at radius 2 is 1.75 bits per heavy atom. The van der Waals surface area contributed by atoms with E-state index in [4.69, 9.17) is 22.1 Å². The largest absolute Gasteiger partial charge is 0.481 e. The summed E-state index contributed by atoms with van der Waals surface area (Å²) in [5, 5.41) is 9.77. The lowest BCUT2D eigenvalue weighted by atomic mass is 9.92. The second kappa shape index (κ2) is 6.24. The van der Waals surface area contributed by atoms with Gasteiger partial charge in [-0.25, -0.2) is 0 Å². The monoisotopic (exact) mass is 299 g/mol. The Morgan fingerprint density at radius 3 is 2.15 bits per heavy atom. The van der Waals surface area contributed by atoms with Crippen LogP contribution in [0.2, 0.25) is 5.02 Å². The van der Waals surface area contributed by atoms with Gasteiger partial charge in [0, 0.05) is 5.02 Å². The second-order valence-electron chi connectivity index (χ2n) is 5.43. The van der Waals surface area contributed by atoms with E-state index in [0.29, 0.717) is 10.6 Å². The minimum absolute atomic E-state index is 0.403. The van der Waals surface area contributed by atoms with E-state index in [1.54, 1.807) is 32.9 Å². The molecule has 2 unspecified atom stereocenters. The lowest BCUT2D eigenvalue weighted by Crippen LogP contribution is -2.44. The number of rotatable bonds is 4. The number of carbonyl (C=O) groups excluding carboxylic acids is 1. The van der Waals surface area contributed by atoms with Crippen LogP contribution >= 0.6 is 11.6 Å². The molecule has 6 heteroatoms. The van der Waals surface area contributed by atoms with Gasteiger partial charge >= 0.3 is 11.9 Å². The molecule has 0 radical (unpaired) electrons. The third-order valence-electron chi connectivity index (χ3n) is 2.53. The first-order valence-electron chi connectivity index (χ1n) is 6.08. The molecule has 1 aromatic rings. The van der Waals surface area contributed by atoms with Gasteiger partial charge in [0.1, 0.15) is 17.6 Å². The third kappa shape index (κ3) is 4.51. The lowest BCUT2D eigenvalue weighted by molar-refractivity contribution is -0.160. The zero-order valence-corrected chi connectivity index (χ0v) is 12.3. The highest BCUT2D eigenvalue weighted by Crippen LogP contribution is 2.23. The Morgan fingerprint density at radius 1 is 1.25 bits per heavy atom. The van der Waals surface area contributed by atoms with E-state index < -0.39 is 29.5 Å². The summed E-state index contributed by atoms with van der Waals surface area (Å²) < 4.78 is 5.12. The van der Waals surface area contributed by atoms with Gasteiger partial charge in [0.25, 0.3) is 0 Å². The molecule has 0 bridgehead atoms. The average molecular weight is 300 g/mol. The number of ether oxygens (including phenoxy) is 1. The van der Waals surface area contributed by atoms with Gasteiger partial charge in [-0.2, -0.15) is 0 Å². The molecule has 0 aromatic heterocycles. The minimum atomic E-state index is -1.28. The van der Waals surface area contributed by atoms with E-state index in [1.165, 1.54) is 12.1 Å². The molecule has 2 atom stereocenters. The molecule has 0 spiro atoms. The number of halogens is 1. The van der Waals surface area contributed by atoms with Crippen LogP contribution in [0, 0.1) is 0 Å². The highest BCUT2D eigenvalue weighted by atomic mass is 35.5. The zero-order valence-electron chi connectivity index (χ0n) is 11.6. The van der Waals surface area contributed by atoms with Crippen LogP contribution in [0.5, 0.6) is 0 Å². The van der Waals surface area contributed by atoms with Crippen molar-refractivity contribution in [1.29, 1.82) is 0 Å². The fourth-order valence-corrected chi connectivity index (χ4v) is 1.81. The van der Waals surface area contributed by atoms with Gasteiger partial charge < -0.3 is 15.6 Å². The molecule has 5 nitrogen and oxygen atoms in total. The minimum Gasteiger partial charge on any atom is -0.481 e. The summed E-state index contributed by atoms with van der Waals surface area (Å²) in [6, 6.07) is 4.88. The molecule has 110 valence electrons. The summed E-state index contributed by atoms with van der Waals surface area (Å²) in [6.07, 6.45) is 0. The van der Waals surface area contributed by atoms with Crippen molar-refractivity contribution in [3.8, 4) is 0 Å². The molecule has 0 saturated heterocycles. The number of hydrogen-bond acceptors (Lipinski definition) is 4. The maximum absolute atomic E-state index is 11.9. The summed E-state index contributed by atoms with van der Waals surface area (Å²) >= 11 is 5.75. The molecule has 0 amide bonds. The summed E-state index contributed by atoms with van der Waals surface area (Å²) in [5.74, 6) is -3.12. The van der Waals surface area contributed by atoms with E-state index in [9.17, 15) is 14.7 Å². The van der Waals surface area contributed by atoms with Crippen LogP contribution in [0.15, 0.2) is 24.3 Å². The third-order valence-corrected chi connectivity index (χ3v) is 2.79. The molecule has 3 N–H and O–H groups in total. The van der Waals surface area contributed by atoms with Crippen LogP contribution < -0.4 is 5.73 Å². The van der Waals surface area contributed by atoms with E-state index >= 15 is 0 Å². The van der Waals surface area contributed by atoms with E-state index in [0.717, 1.165) is 0 Å². The van der Waals surface area contributed by atoms with Gasteiger partial charge in [-0.15, -0.1) is 0 Å². The van der Waals surface area contributed by atoms with Crippen LogP contribution in [-0.4, -0.2) is 28.7 Å². The molecule has 0 heterocycles. The molecule has 0 saturated carbocycles. The van der Waals surface area contributed by atoms with Gasteiger partial charge in [0.05, 0.1) is 0 Å². The molecule has 0 aliphatic rings. The van der Waals surface area contributed by atoms with E-state index in [-0.39, 0.29) is 0 Å². The second-order valence-corrected chi connectivity index (χ2v) is 5.86. The Balaban J connectivity index is 2.99. The molecule has 20 heavy (non-hydrogen) atoms. The number of hydrogen-bond donors (Lipinski definition) is 2. The maximum Gasteiger partial charge on any atom is 0.324 e. The number of nitrogens with two attached hydrogens (primary N) is 1. The van der Waals surface area contributed by atoms with Gasteiger partial charge in [0.15, 0.2) is 0 Å². The first kappa shape index (κ1) is 16.5. The summed E-state index contributed by atoms with van der Waals surface area (Å²) in [4.78, 5) is 23.3. The van der Waals surface area contributed by atoms with Gasteiger partial charge in [0.2, 0.25) is 0 Å². The van der Waals surface area contributed by atoms with Crippen LogP contribution in [0.25, 0.3) is 0 Å². The first-order valence-corrected chi connectivity index (χ1v) is 6.46. The Kier molecular flexibility index (Phi) is 5.14. The molecular formula is C14H18ClNO4. The Hall–Kier alpha value is -1.59. The number of benzene rings is 1. The smallest absolute Gasteiger partial charge is 0.324 e. The SMILES string of the molecule is CC(C)(C)OC(=O)C(N)C(C(=O)O)c1ccc(Cl)cc1. The standard InChI is InChI=1S/C14H18ClNO4/c1-14(2,3)20-13(19)11(16)10(12(17)18)8-4-6-9(15)7-5-8/h4-7,10-11H,16H2,1-3H3,(H,17,18). The summed E-state index contributed by atoms with van der Waals surface area (Å²) in [7, 11) is 0. The van der Waals surface area contributed by atoms with Crippen molar-refractivity contribution < 1.29 is 19.4 Å². The van der Waals surface area contributed by atoms with Crippen molar-refractivity contribution >= 4 is 23.5 Å². The predicted octanol–water partition coefficient (Wildman–Crippen LogP) is 2.18. The fraction of sp³-hybridized carbons (Fsp3) is 0.429. The molecule has 0 aliphatic carbocycles. The molecule has 1 rings (SSSR count). The van der Waals surface area contributed by atoms with Crippen molar-refractivity contribution in [3.05, 3.63) is 34.9 Å². The number of carboxylic acids is 1. The highest BCUT2D eigenvalue weighted by molar-refractivity contribution is 6.30. The number of carbonyl (C=O) groups is 2. The number of esters is 1. The van der Waals surface area contributed by atoms with E-state index in [2.05, 4.69) is 0 Å². The Bertz CT molecular complexity index is 493. The maximum atomic E-state index is 11.9. The highest BCUT2D eigenvalue weighted by Gasteiger charge is 2.35. The van der Waals surface area contributed by atoms with Crippen LogP contribution in [0.3, 0.4) is 0 Å². The van der Waals surface area contributed by atoms with Crippen LogP contribution in [0.4, 0.5) is 0 Å². The van der Waals surface area contributed by atoms with Gasteiger partial charge in [-0.3, -0.25) is 9.59 Å². The van der Waals surface area contributed by atoms with Crippen molar-refractivity contribution in [2.75, 3.05) is 0 Å². The quantitative estimate of drug-likeness (QED) is 0.832. The van der Waals surface area contributed by atoms with Crippen molar-refractivity contribution in [2.24, 2.45) is 5.73 Å². The van der Waals surface area contributed by atoms with Gasteiger partial charge in [-0.05, 0) is 38.5 Å². The zero-order chi connectivity index (χ0) is 15.5. The van der Waals surface area contributed by atoms with Crippen LogP contribution in [-0.2, 0) is 14.3 Å². The normalized spacial score (nSPS) is 14.4. The molecule has 1 aromatic carbocycles. The number of carboxylic acid groups (broad SMARTS) is 1. The molecule has 0 aliphatic heterocycles. The lowest BCUT2D eigenvalue weighted by Gasteiger charge is -2.25. The Labute approximate surface area is 122 Å². The van der Waals surface area contributed by atoms with E-state index in [1.807, 2.05) is 0 Å². The summed E-state index contributed by atoms with van der Waals surface area (Å²) in [6.45, 7) is 5.07. The first-order chi connectivity index (χ1) is 9.11. The molecular weight excluding hydrogens is 282 g/mol. The summed E-state index contributed by atoms with van der Waals surface area (Å²) in [5.41, 5.74) is 5.43. The number of aliphatic carboxylic acids is 1. The van der Waals surface area contributed by atoms with Gasteiger partial charge in [-0.1, -0.05) is 23.7 Å². The van der Waals surface area contributed by atoms with Crippen molar-refractivity contribution in [2.45, 2.75) is 38.3 Å². The van der Waals surface area contributed by atoms with Crippen molar-refractivity contribution in [3.63, 3.8) is 0 Å². The topological polar surface area (TPSA) is 89.6 Å². The van der Waals surface area contributed by atoms with Crippen molar-refractivity contribution in [1.82, 2.24) is 0 Å². The van der Waals surface area contributed by atoms with Crippen LogP contribution in [0.1, 0.15) is 32.3 Å².